The number of benzene rings is 2. The zero-order valence-corrected chi connectivity index (χ0v) is 15.8. The summed E-state index contributed by atoms with van der Waals surface area (Å²) in [6.07, 6.45) is 8.92. The Morgan fingerprint density at radius 2 is 2.10 bits per heavy atom. The summed E-state index contributed by atoms with van der Waals surface area (Å²) in [6.45, 7) is 3.84. The van der Waals surface area contributed by atoms with Crippen molar-refractivity contribution in [2.24, 2.45) is 5.10 Å². The van der Waals surface area contributed by atoms with Crippen LogP contribution in [0.3, 0.4) is 0 Å². The smallest absolute Gasteiger partial charge is 0.349 e. The molecule has 29 heavy (non-hydrogen) atoms. The SMILES string of the molecule is C#CCOc1c(CC=C)cc(C=Nn2c(=O)[nH]c3ccccc3c2=O)cc1OC. The van der Waals surface area contributed by atoms with E-state index in [9.17, 15) is 9.59 Å². The molecule has 146 valence electrons. The second-order valence-corrected chi connectivity index (χ2v) is 6.03. The Kier molecular flexibility index (Phi) is 5.95. The third kappa shape index (κ3) is 4.12. The van der Waals surface area contributed by atoms with E-state index < -0.39 is 11.2 Å². The highest BCUT2D eigenvalue weighted by molar-refractivity contribution is 5.82. The van der Waals surface area contributed by atoms with E-state index in [4.69, 9.17) is 15.9 Å². The minimum absolute atomic E-state index is 0.0931. The molecule has 0 amide bonds. The second kappa shape index (κ2) is 8.76. The van der Waals surface area contributed by atoms with Crippen molar-refractivity contribution in [1.82, 2.24) is 9.66 Å². The van der Waals surface area contributed by atoms with Gasteiger partial charge in [0.25, 0.3) is 5.56 Å². The maximum Gasteiger partial charge on any atom is 0.349 e. The summed E-state index contributed by atoms with van der Waals surface area (Å²) in [6, 6.07) is 10.2. The number of fused-ring (bicyclic) bond motifs is 1. The van der Waals surface area contributed by atoms with Gasteiger partial charge in [0.15, 0.2) is 11.5 Å². The summed E-state index contributed by atoms with van der Waals surface area (Å²) < 4.78 is 11.8. The Labute approximate surface area is 166 Å². The molecule has 0 unspecified atom stereocenters. The molecule has 1 aromatic heterocycles. The van der Waals surface area contributed by atoms with Gasteiger partial charge in [0, 0.05) is 5.56 Å². The van der Waals surface area contributed by atoms with Crippen molar-refractivity contribution in [2.45, 2.75) is 6.42 Å². The third-order valence-corrected chi connectivity index (χ3v) is 4.14. The number of hydrogen-bond donors (Lipinski definition) is 1. The minimum Gasteiger partial charge on any atom is -0.493 e. The fraction of sp³-hybridized carbons (Fsp3) is 0.136. The van der Waals surface area contributed by atoms with E-state index in [0.29, 0.717) is 34.4 Å². The number of allylic oxidation sites excluding steroid dienone is 1. The number of nitrogens with one attached hydrogen (secondary N) is 1. The molecule has 1 heterocycles. The van der Waals surface area contributed by atoms with E-state index in [2.05, 4.69) is 22.6 Å². The highest BCUT2D eigenvalue weighted by Gasteiger charge is 2.12. The molecule has 0 bridgehead atoms. The lowest BCUT2D eigenvalue weighted by Crippen LogP contribution is -2.32. The summed E-state index contributed by atoms with van der Waals surface area (Å²) in [4.78, 5) is 27.5. The number of nitrogens with zero attached hydrogens (tertiary/aromatic N) is 2. The molecule has 0 spiro atoms. The molecule has 0 aliphatic carbocycles. The van der Waals surface area contributed by atoms with Crippen molar-refractivity contribution < 1.29 is 9.47 Å². The molecule has 0 aliphatic rings. The van der Waals surface area contributed by atoms with Crippen molar-refractivity contribution in [2.75, 3.05) is 13.7 Å². The average Bonchev–Trinajstić information content (AvgIpc) is 2.72. The van der Waals surface area contributed by atoms with Crippen LogP contribution in [0.15, 0.2) is 63.7 Å². The maximum atomic E-state index is 12.6. The van der Waals surface area contributed by atoms with Crippen molar-refractivity contribution >= 4 is 17.1 Å². The van der Waals surface area contributed by atoms with Gasteiger partial charge in [-0.15, -0.1) is 17.7 Å². The summed E-state index contributed by atoms with van der Waals surface area (Å²) in [5, 5.41) is 4.44. The minimum atomic E-state index is -0.628. The highest BCUT2D eigenvalue weighted by atomic mass is 16.5. The number of hydrogen-bond acceptors (Lipinski definition) is 5. The molecule has 0 fully saturated rings. The van der Waals surface area contributed by atoms with Gasteiger partial charge < -0.3 is 14.5 Å². The molecule has 0 aliphatic heterocycles. The topological polar surface area (TPSA) is 85.7 Å². The van der Waals surface area contributed by atoms with Crippen molar-refractivity contribution in [3.63, 3.8) is 0 Å². The van der Waals surface area contributed by atoms with E-state index in [1.54, 1.807) is 42.5 Å². The van der Waals surface area contributed by atoms with Gasteiger partial charge in [-0.3, -0.25) is 4.79 Å². The number of aromatic amines is 1. The van der Waals surface area contributed by atoms with Crippen LogP contribution in [0.2, 0.25) is 0 Å². The van der Waals surface area contributed by atoms with Gasteiger partial charge in [0.05, 0.1) is 24.2 Å². The molecule has 3 aromatic rings. The summed E-state index contributed by atoms with van der Waals surface area (Å²) in [5.74, 6) is 3.39. The first-order valence-corrected chi connectivity index (χ1v) is 8.75. The monoisotopic (exact) mass is 389 g/mol. The number of H-pyrrole nitrogens is 1. The Hall–Kier alpha value is -4.05. The zero-order chi connectivity index (χ0) is 20.8. The van der Waals surface area contributed by atoms with Crippen LogP contribution in [-0.4, -0.2) is 29.6 Å². The molecular formula is C22H19N3O4. The molecule has 3 rings (SSSR count). The van der Waals surface area contributed by atoms with Crippen molar-refractivity contribution in [1.29, 1.82) is 0 Å². The van der Waals surface area contributed by atoms with Crippen LogP contribution in [0.1, 0.15) is 11.1 Å². The lowest BCUT2D eigenvalue weighted by molar-refractivity contribution is 0.328. The fourth-order valence-electron chi connectivity index (χ4n) is 2.88. The van der Waals surface area contributed by atoms with Gasteiger partial charge in [-0.1, -0.05) is 24.1 Å². The van der Waals surface area contributed by atoms with Crippen LogP contribution < -0.4 is 20.7 Å². The molecule has 7 nitrogen and oxygen atoms in total. The molecule has 1 N–H and O–H groups in total. The van der Waals surface area contributed by atoms with Crippen LogP contribution >= 0.6 is 0 Å². The van der Waals surface area contributed by atoms with Crippen LogP contribution in [-0.2, 0) is 6.42 Å². The van der Waals surface area contributed by atoms with Crippen molar-refractivity contribution in [3.05, 3.63) is 81.0 Å². The highest BCUT2D eigenvalue weighted by Crippen LogP contribution is 2.33. The van der Waals surface area contributed by atoms with Crippen LogP contribution in [0.4, 0.5) is 0 Å². The van der Waals surface area contributed by atoms with E-state index in [-0.39, 0.29) is 6.61 Å². The predicted octanol–water partition coefficient (Wildman–Crippen LogP) is 2.32. The first-order valence-electron chi connectivity index (χ1n) is 8.75. The molecule has 2 aromatic carbocycles. The number of methoxy groups -OCH3 is 1. The normalized spacial score (nSPS) is 10.8. The Morgan fingerprint density at radius 3 is 2.83 bits per heavy atom. The molecule has 0 saturated heterocycles. The molecule has 0 radical (unpaired) electrons. The number of para-hydroxylation sites is 1. The van der Waals surface area contributed by atoms with E-state index in [1.807, 2.05) is 0 Å². The third-order valence-electron chi connectivity index (χ3n) is 4.14. The van der Waals surface area contributed by atoms with Crippen LogP contribution in [0, 0.1) is 12.3 Å². The maximum absolute atomic E-state index is 12.6. The first-order chi connectivity index (χ1) is 14.1. The average molecular weight is 389 g/mol. The largest absolute Gasteiger partial charge is 0.493 e. The molecule has 0 saturated carbocycles. The van der Waals surface area contributed by atoms with Gasteiger partial charge in [-0.05, 0) is 36.2 Å². The lowest BCUT2D eigenvalue weighted by atomic mass is 10.1. The van der Waals surface area contributed by atoms with Gasteiger partial charge in [0.1, 0.15) is 6.61 Å². The molecule has 0 atom stereocenters. The Morgan fingerprint density at radius 1 is 1.31 bits per heavy atom. The summed E-state index contributed by atoms with van der Waals surface area (Å²) in [7, 11) is 1.51. The van der Waals surface area contributed by atoms with E-state index >= 15 is 0 Å². The fourth-order valence-corrected chi connectivity index (χ4v) is 2.88. The standard InChI is InChI=1S/C22H19N3O4/c1-4-8-16-12-15(13-19(28-3)20(16)29-11-5-2)14-23-25-21(26)17-9-6-7-10-18(17)24-22(25)27/h2,4,6-7,9-10,12-14H,1,8,11H2,3H3,(H,24,27). The number of rotatable bonds is 7. The van der Waals surface area contributed by atoms with Gasteiger partial charge in [0.2, 0.25) is 0 Å². The number of aromatic nitrogens is 2. The first kappa shape index (κ1) is 19.7. The lowest BCUT2D eigenvalue weighted by Gasteiger charge is -2.14. The molecule has 7 heteroatoms. The Balaban J connectivity index is 2.07. The van der Waals surface area contributed by atoms with E-state index in [0.717, 1.165) is 10.2 Å². The van der Waals surface area contributed by atoms with Crippen LogP contribution in [0.25, 0.3) is 10.9 Å². The quantitative estimate of drug-likeness (QED) is 0.382. The predicted molar refractivity (Wildman–Crippen MR) is 113 cm³/mol. The van der Waals surface area contributed by atoms with Gasteiger partial charge in [-0.2, -0.15) is 5.10 Å². The molecular weight excluding hydrogens is 370 g/mol. The number of ether oxygens (including phenoxy) is 2. The zero-order valence-electron chi connectivity index (χ0n) is 15.8. The summed E-state index contributed by atoms with van der Waals surface area (Å²) >= 11 is 0. The van der Waals surface area contributed by atoms with Crippen molar-refractivity contribution in [3.8, 4) is 23.8 Å². The van der Waals surface area contributed by atoms with E-state index in [1.165, 1.54) is 13.3 Å². The number of terminal acetylenes is 1. The Bertz CT molecular complexity index is 1250. The second-order valence-electron chi connectivity index (χ2n) is 6.03. The van der Waals surface area contributed by atoms with Gasteiger partial charge in [-0.25, -0.2) is 4.79 Å². The van der Waals surface area contributed by atoms with Crippen LogP contribution in [0.5, 0.6) is 11.5 Å². The van der Waals surface area contributed by atoms with Gasteiger partial charge >= 0.3 is 5.69 Å². The summed E-state index contributed by atoms with van der Waals surface area (Å²) in [5.41, 5.74) is 0.728.